The summed E-state index contributed by atoms with van der Waals surface area (Å²) in [5, 5.41) is 7.17. The van der Waals surface area contributed by atoms with E-state index in [9.17, 15) is 9.18 Å². The van der Waals surface area contributed by atoms with Crippen LogP contribution in [0.3, 0.4) is 0 Å². The number of hydrogen-bond donors (Lipinski definition) is 2. The molecule has 3 aromatic carbocycles. The molecule has 2 heterocycles. The van der Waals surface area contributed by atoms with Crippen LogP contribution in [0.2, 0.25) is 5.02 Å². The summed E-state index contributed by atoms with van der Waals surface area (Å²) in [6.07, 6.45) is 4.53. The van der Waals surface area contributed by atoms with Crippen molar-refractivity contribution in [2.24, 2.45) is 0 Å². The van der Waals surface area contributed by atoms with Crippen molar-refractivity contribution in [2.45, 2.75) is 32.4 Å². The van der Waals surface area contributed by atoms with Gasteiger partial charge in [0.1, 0.15) is 36.1 Å². The van der Waals surface area contributed by atoms with Crippen molar-refractivity contribution in [1.29, 1.82) is 0 Å². The molecule has 1 fully saturated rings. The molecule has 0 radical (unpaired) electrons. The molecule has 0 aliphatic carbocycles. The number of nitrogens with zero attached hydrogens (tertiary/aromatic N) is 3. The van der Waals surface area contributed by atoms with Gasteiger partial charge in [0.25, 0.3) is 0 Å². The Bertz CT molecular complexity index is 1620. The van der Waals surface area contributed by atoms with E-state index < -0.39 is 0 Å². The molecule has 1 aliphatic heterocycles. The van der Waals surface area contributed by atoms with Gasteiger partial charge in [-0.25, -0.2) is 14.4 Å². The third-order valence-corrected chi connectivity index (χ3v) is 7.62. The van der Waals surface area contributed by atoms with Crippen LogP contribution in [0.5, 0.6) is 11.5 Å². The van der Waals surface area contributed by atoms with E-state index in [0.29, 0.717) is 62.8 Å². The molecule has 1 aromatic heterocycles. The fraction of sp³-hybridized carbons (Fsp3) is 0.303. The number of nitrogens with one attached hydrogen (secondary N) is 2. The molecule has 1 atom stereocenters. The number of amides is 1. The number of carbonyl (C=O) groups is 1. The standard InChI is InChI=1S/C33H35ClFN5O4/c1-3-25-20-42-14-12-40(25)11-6-13-43-31-18-28-26(17-29(31)39-32(41)4-2)33(37-21-36-28)38-24-9-10-30(27(34)16-24)44-19-22-7-5-8-23(35)15-22/h4-5,7-10,15-18,21,25H,2-3,6,11-14,19-20H2,1H3,(H,39,41)(H,36,37,38)/t25-/m0/s1. The quantitative estimate of drug-likeness (QED) is 0.125. The van der Waals surface area contributed by atoms with Crippen LogP contribution in [-0.2, 0) is 16.1 Å². The molecular formula is C33H35ClFN5O4. The molecule has 0 saturated carbocycles. The monoisotopic (exact) mass is 619 g/mol. The summed E-state index contributed by atoms with van der Waals surface area (Å²) in [6.45, 7) is 9.71. The van der Waals surface area contributed by atoms with Crippen molar-refractivity contribution >= 4 is 45.6 Å². The summed E-state index contributed by atoms with van der Waals surface area (Å²) in [5.41, 5.74) is 2.48. The molecule has 5 rings (SSSR count). The smallest absolute Gasteiger partial charge is 0.247 e. The number of morpholine rings is 1. The second-order valence-electron chi connectivity index (χ2n) is 10.3. The molecule has 4 aromatic rings. The highest BCUT2D eigenvalue weighted by Crippen LogP contribution is 2.35. The van der Waals surface area contributed by atoms with Crippen molar-refractivity contribution < 1.29 is 23.4 Å². The first-order valence-corrected chi connectivity index (χ1v) is 14.9. The first-order valence-electron chi connectivity index (χ1n) is 14.5. The maximum Gasteiger partial charge on any atom is 0.247 e. The zero-order valence-electron chi connectivity index (χ0n) is 24.5. The third kappa shape index (κ3) is 8.02. The maximum absolute atomic E-state index is 13.5. The Morgan fingerprint density at radius 1 is 1.18 bits per heavy atom. The Morgan fingerprint density at radius 2 is 2.07 bits per heavy atom. The molecule has 1 aliphatic rings. The van der Waals surface area contributed by atoms with Crippen LogP contribution < -0.4 is 20.1 Å². The lowest BCUT2D eigenvalue weighted by atomic mass is 10.1. The number of ether oxygens (including phenoxy) is 3. The summed E-state index contributed by atoms with van der Waals surface area (Å²) in [5.74, 6) is 0.797. The van der Waals surface area contributed by atoms with Gasteiger partial charge in [-0.1, -0.05) is 37.2 Å². The lowest BCUT2D eigenvalue weighted by Gasteiger charge is -2.34. The van der Waals surface area contributed by atoms with Crippen LogP contribution in [-0.4, -0.2) is 59.7 Å². The van der Waals surface area contributed by atoms with Gasteiger partial charge in [0.05, 0.1) is 36.0 Å². The molecule has 11 heteroatoms. The topological polar surface area (TPSA) is 97.8 Å². The van der Waals surface area contributed by atoms with Crippen molar-refractivity contribution in [3.05, 3.63) is 90.0 Å². The minimum Gasteiger partial charge on any atom is -0.491 e. The van der Waals surface area contributed by atoms with Gasteiger partial charge in [-0.3, -0.25) is 9.69 Å². The minimum atomic E-state index is -0.361. The van der Waals surface area contributed by atoms with Crippen molar-refractivity contribution in [2.75, 3.05) is 43.5 Å². The van der Waals surface area contributed by atoms with Crippen LogP contribution in [0.1, 0.15) is 25.3 Å². The first-order chi connectivity index (χ1) is 21.4. The molecule has 0 bridgehead atoms. The average Bonchev–Trinajstić information content (AvgIpc) is 3.03. The van der Waals surface area contributed by atoms with E-state index >= 15 is 0 Å². The normalized spacial score (nSPS) is 15.1. The summed E-state index contributed by atoms with van der Waals surface area (Å²) in [6, 6.07) is 15.5. The lowest BCUT2D eigenvalue weighted by molar-refractivity contribution is -0.111. The summed E-state index contributed by atoms with van der Waals surface area (Å²) < 4.78 is 31.1. The van der Waals surface area contributed by atoms with Crippen LogP contribution in [0.15, 0.2) is 73.6 Å². The summed E-state index contributed by atoms with van der Waals surface area (Å²) in [7, 11) is 0. The van der Waals surface area contributed by atoms with Gasteiger partial charge in [-0.2, -0.15) is 0 Å². The number of anilines is 3. The molecule has 9 nitrogen and oxygen atoms in total. The Kier molecular flexibility index (Phi) is 10.6. The molecule has 2 N–H and O–H groups in total. The molecule has 1 saturated heterocycles. The number of hydrogen-bond acceptors (Lipinski definition) is 8. The first kappa shape index (κ1) is 31.2. The van der Waals surface area contributed by atoms with Crippen LogP contribution in [0, 0.1) is 5.82 Å². The zero-order chi connectivity index (χ0) is 30.9. The number of aromatic nitrogens is 2. The average molecular weight is 620 g/mol. The van der Waals surface area contributed by atoms with Gasteiger partial charge in [-0.05, 0) is 60.9 Å². The predicted molar refractivity (Wildman–Crippen MR) is 170 cm³/mol. The van der Waals surface area contributed by atoms with Gasteiger partial charge in [0.2, 0.25) is 5.91 Å². The van der Waals surface area contributed by atoms with E-state index in [-0.39, 0.29) is 18.3 Å². The highest BCUT2D eigenvalue weighted by molar-refractivity contribution is 6.32. The van der Waals surface area contributed by atoms with Crippen molar-refractivity contribution in [3.63, 3.8) is 0 Å². The van der Waals surface area contributed by atoms with E-state index in [1.165, 1.54) is 24.5 Å². The van der Waals surface area contributed by atoms with Crippen LogP contribution in [0.25, 0.3) is 10.9 Å². The molecule has 1 amide bonds. The second kappa shape index (κ2) is 15.0. The van der Waals surface area contributed by atoms with E-state index in [1.807, 2.05) is 0 Å². The molecule has 0 unspecified atom stereocenters. The number of halogens is 2. The van der Waals surface area contributed by atoms with E-state index in [0.717, 1.165) is 39.1 Å². The summed E-state index contributed by atoms with van der Waals surface area (Å²) in [4.78, 5) is 23.6. The maximum atomic E-state index is 13.5. The van der Waals surface area contributed by atoms with Gasteiger partial charge >= 0.3 is 0 Å². The van der Waals surface area contributed by atoms with Gasteiger partial charge in [0, 0.05) is 36.3 Å². The largest absolute Gasteiger partial charge is 0.491 e. The van der Waals surface area contributed by atoms with Gasteiger partial charge in [0.15, 0.2) is 0 Å². The third-order valence-electron chi connectivity index (χ3n) is 7.33. The van der Waals surface area contributed by atoms with Crippen molar-refractivity contribution in [1.82, 2.24) is 14.9 Å². The fourth-order valence-corrected chi connectivity index (χ4v) is 5.25. The van der Waals surface area contributed by atoms with Gasteiger partial charge in [-0.15, -0.1) is 0 Å². The SMILES string of the molecule is C=CC(=O)Nc1cc2c(Nc3ccc(OCc4cccc(F)c4)c(Cl)c3)ncnc2cc1OCCCN1CCOC[C@@H]1CC. The Labute approximate surface area is 261 Å². The highest BCUT2D eigenvalue weighted by atomic mass is 35.5. The minimum absolute atomic E-state index is 0.177. The Hall–Kier alpha value is -4.25. The lowest BCUT2D eigenvalue weighted by Crippen LogP contribution is -2.45. The molecular weight excluding hydrogens is 585 g/mol. The number of fused-ring (bicyclic) bond motifs is 1. The zero-order valence-corrected chi connectivity index (χ0v) is 25.3. The second-order valence-corrected chi connectivity index (χ2v) is 10.8. The highest BCUT2D eigenvalue weighted by Gasteiger charge is 2.21. The fourth-order valence-electron chi connectivity index (χ4n) is 5.01. The van der Waals surface area contributed by atoms with E-state index in [1.54, 1.807) is 42.5 Å². The van der Waals surface area contributed by atoms with E-state index in [2.05, 4.69) is 39.0 Å². The molecule has 44 heavy (non-hydrogen) atoms. The van der Waals surface area contributed by atoms with Crippen LogP contribution >= 0.6 is 11.6 Å². The van der Waals surface area contributed by atoms with Gasteiger partial charge < -0.3 is 24.8 Å². The molecule has 230 valence electrons. The predicted octanol–water partition coefficient (Wildman–Crippen LogP) is 6.75. The Morgan fingerprint density at radius 3 is 2.86 bits per heavy atom. The number of benzene rings is 3. The van der Waals surface area contributed by atoms with Crippen molar-refractivity contribution in [3.8, 4) is 11.5 Å². The van der Waals surface area contributed by atoms with E-state index in [4.69, 9.17) is 25.8 Å². The Balaban J connectivity index is 1.30. The number of rotatable bonds is 13. The molecule has 0 spiro atoms. The number of carbonyl (C=O) groups excluding carboxylic acids is 1. The summed E-state index contributed by atoms with van der Waals surface area (Å²) >= 11 is 6.50. The van der Waals surface area contributed by atoms with Crippen LogP contribution in [0.4, 0.5) is 21.6 Å².